The van der Waals surface area contributed by atoms with Crippen molar-refractivity contribution in [3.63, 3.8) is 0 Å². The van der Waals surface area contributed by atoms with Gasteiger partial charge in [0.1, 0.15) is 0 Å². The van der Waals surface area contributed by atoms with Gasteiger partial charge in [-0.25, -0.2) is 0 Å². The highest BCUT2D eigenvalue weighted by Gasteiger charge is 1.94. The van der Waals surface area contributed by atoms with Crippen molar-refractivity contribution in [2.45, 2.75) is 25.7 Å². The number of unbranched alkanes of at least 4 members (excludes halogenated alkanes) is 3. The highest BCUT2D eigenvalue weighted by molar-refractivity contribution is 4.43. The van der Waals surface area contributed by atoms with Crippen LogP contribution in [0.4, 0.5) is 0 Å². The number of nitrogens with two attached hydrogens (primary N) is 1. The van der Waals surface area contributed by atoms with Gasteiger partial charge >= 0.3 is 0 Å². The van der Waals surface area contributed by atoms with Crippen molar-refractivity contribution >= 4 is 0 Å². The first-order valence-electron chi connectivity index (χ1n) is 10.1. The summed E-state index contributed by atoms with van der Waals surface area (Å²) in [5.41, 5.74) is 5.44. The van der Waals surface area contributed by atoms with Crippen molar-refractivity contribution < 1.29 is 33.2 Å². The Morgan fingerprint density at radius 3 is 1.11 bits per heavy atom. The van der Waals surface area contributed by atoms with Crippen LogP contribution in [0.1, 0.15) is 25.7 Å². The molecule has 0 aromatic heterocycles. The van der Waals surface area contributed by atoms with Gasteiger partial charge in [0.2, 0.25) is 0 Å². The lowest BCUT2D eigenvalue weighted by Gasteiger charge is -2.08. The highest BCUT2D eigenvalue weighted by Crippen LogP contribution is 1.98. The van der Waals surface area contributed by atoms with Gasteiger partial charge in [-0.15, -0.1) is 0 Å². The van der Waals surface area contributed by atoms with Crippen LogP contribution < -0.4 is 5.73 Å². The molecule has 0 saturated carbocycles. The minimum absolute atomic E-state index is 0.557. The van der Waals surface area contributed by atoms with E-state index in [0.29, 0.717) is 79.3 Å². The van der Waals surface area contributed by atoms with Gasteiger partial charge in [-0.05, 0) is 19.4 Å². The number of ether oxygens (including phenoxy) is 7. The Hall–Kier alpha value is -0.320. The van der Waals surface area contributed by atoms with Crippen LogP contribution in [0.25, 0.3) is 0 Å². The summed E-state index contributed by atoms with van der Waals surface area (Å²) in [4.78, 5) is 0. The maximum atomic E-state index is 5.50. The second-order valence-corrected chi connectivity index (χ2v) is 5.87. The molecule has 0 rings (SSSR count). The van der Waals surface area contributed by atoms with E-state index < -0.39 is 0 Å². The van der Waals surface area contributed by atoms with E-state index in [4.69, 9.17) is 38.9 Å². The summed E-state index contributed by atoms with van der Waals surface area (Å²) in [6.07, 6.45) is 4.57. The number of hydrogen-bond donors (Lipinski definition) is 1. The molecule has 0 aliphatic heterocycles. The van der Waals surface area contributed by atoms with Crippen molar-refractivity contribution in [3.05, 3.63) is 0 Å². The first kappa shape index (κ1) is 26.7. The van der Waals surface area contributed by atoms with E-state index in [-0.39, 0.29) is 0 Å². The van der Waals surface area contributed by atoms with Crippen molar-refractivity contribution in [2.24, 2.45) is 5.73 Å². The Morgan fingerprint density at radius 1 is 0.407 bits per heavy atom. The topological polar surface area (TPSA) is 90.6 Å². The molecule has 0 saturated heterocycles. The molecule has 0 radical (unpaired) electrons. The zero-order valence-electron chi connectivity index (χ0n) is 17.2. The number of rotatable bonds is 24. The second kappa shape index (κ2) is 25.7. The molecule has 8 nitrogen and oxygen atoms in total. The molecular weight excluding hydrogens is 354 g/mol. The average Bonchev–Trinajstić information content (AvgIpc) is 2.68. The maximum absolute atomic E-state index is 5.50. The molecule has 0 aromatic rings. The van der Waals surface area contributed by atoms with Gasteiger partial charge in [0, 0.05) is 13.7 Å². The van der Waals surface area contributed by atoms with Crippen LogP contribution in [0.2, 0.25) is 0 Å². The predicted molar refractivity (Wildman–Crippen MR) is 104 cm³/mol. The Labute approximate surface area is 164 Å². The van der Waals surface area contributed by atoms with Crippen molar-refractivity contribution in [3.8, 4) is 0 Å². The van der Waals surface area contributed by atoms with Gasteiger partial charge in [-0.2, -0.15) is 0 Å². The lowest BCUT2D eigenvalue weighted by atomic mass is 10.2. The molecule has 0 aliphatic carbocycles. The van der Waals surface area contributed by atoms with Gasteiger partial charge in [0.05, 0.1) is 79.3 Å². The van der Waals surface area contributed by atoms with Crippen LogP contribution in [0.15, 0.2) is 0 Å². The van der Waals surface area contributed by atoms with E-state index >= 15 is 0 Å². The third-order valence-corrected chi connectivity index (χ3v) is 3.53. The normalized spacial score (nSPS) is 11.3. The van der Waals surface area contributed by atoms with E-state index in [1.807, 2.05) is 0 Å². The van der Waals surface area contributed by atoms with Crippen LogP contribution in [0.5, 0.6) is 0 Å². The molecule has 164 valence electrons. The molecule has 0 aromatic carbocycles. The third-order valence-electron chi connectivity index (χ3n) is 3.53. The Kier molecular flexibility index (Phi) is 25.4. The fourth-order valence-corrected chi connectivity index (χ4v) is 2.05. The molecule has 0 aliphatic rings. The van der Waals surface area contributed by atoms with E-state index in [2.05, 4.69) is 0 Å². The summed E-state index contributed by atoms with van der Waals surface area (Å²) in [6, 6.07) is 0. The smallest absolute Gasteiger partial charge is 0.0701 e. The van der Waals surface area contributed by atoms with Gasteiger partial charge in [-0.3, -0.25) is 0 Å². The Bertz CT molecular complexity index is 236. The molecule has 0 bridgehead atoms. The molecular formula is C19H41NO7. The Morgan fingerprint density at radius 2 is 0.741 bits per heavy atom. The lowest BCUT2D eigenvalue weighted by molar-refractivity contribution is -0.0191. The number of methoxy groups -OCH3 is 1. The minimum atomic E-state index is 0.557. The maximum Gasteiger partial charge on any atom is 0.0701 e. The first-order chi connectivity index (χ1) is 13.4. The Balaban J connectivity index is 2.95. The van der Waals surface area contributed by atoms with Crippen LogP contribution in [0, 0.1) is 0 Å². The fraction of sp³-hybridized carbons (Fsp3) is 1.00. The van der Waals surface area contributed by atoms with E-state index in [1.54, 1.807) is 7.11 Å². The summed E-state index contributed by atoms with van der Waals surface area (Å²) in [5.74, 6) is 0. The van der Waals surface area contributed by atoms with Gasteiger partial charge in [0.25, 0.3) is 0 Å². The van der Waals surface area contributed by atoms with Crippen LogP contribution in [0.3, 0.4) is 0 Å². The average molecular weight is 396 g/mol. The molecule has 0 spiro atoms. The summed E-state index contributed by atoms with van der Waals surface area (Å²) >= 11 is 0. The summed E-state index contributed by atoms with van der Waals surface area (Å²) in [6.45, 7) is 8.55. The summed E-state index contributed by atoms with van der Waals surface area (Å²) < 4.78 is 37.3. The zero-order valence-corrected chi connectivity index (χ0v) is 17.2. The molecule has 2 N–H and O–H groups in total. The van der Waals surface area contributed by atoms with E-state index in [9.17, 15) is 0 Å². The molecule has 8 heteroatoms. The molecule has 0 heterocycles. The SMILES string of the molecule is COCCOCCOCCOCCOCCOCCOCCCCCCN. The van der Waals surface area contributed by atoms with Gasteiger partial charge in [0.15, 0.2) is 0 Å². The first-order valence-corrected chi connectivity index (χ1v) is 10.1. The second-order valence-electron chi connectivity index (χ2n) is 5.87. The van der Waals surface area contributed by atoms with Crippen LogP contribution in [-0.4, -0.2) is 99.5 Å². The molecule has 0 fully saturated rings. The highest BCUT2D eigenvalue weighted by atomic mass is 16.6. The molecule has 0 atom stereocenters. The van der Waals surface area contributed by atoms with Gasteiger partial charge < -0.3 is 38.9 Å². The molecule has 0 unspecified atom stereocenters. The van der Waals surface area contributed by atoms with Crippen LogP contribution in [-0.2, 0) is 33.2 Å². The van der Waals surface area contributed by atoms with Crippen molar-refractivity contribution in [2.75, 3.05) is 99.5 Å². The van der Waals surface area contributed by atoms with Crippen molar-refractivity contribution in [1.29, 1.82) is 0 Å². The van der Waals surface area contributed by atoms with Crippen molar-refractivity contribution in [1.82, 2.24) is 0 Å². The quantitative estimate of drug-likeness (QED) is 0.244. The van der Waals surface area contributed by atoms with E-state index in [1.165, 1.54) is 12.8 Å². The zero-order chi connectivity index (χ0) is 19.7. The van der Waals surface area contributed by atoms with Crippen LogP contribution >= 0.6 is 0 Å². The summed E-state index contributed by atoms with van der Waals surface area (Å²) in [7, 11) is 1.65. The monoisotopic (exact) mass is 395 g/mol. The standard InChI is InChI=1S/C19H41NO7/c1-21-8-9-23-12-13-25-16-17-27-19-18-26-15-14-24-11-10-22-7-5-3-2-4-6-20/h2-20H2,1H3. The minimum Gasteiger partial charge on any atom is -0.382 e. The number of hydrogen-bond acceptors (Lipinski definition) is 8. The molecule has 27 heavy (non-hydrogen) atoms. The lowest BCUT2D eigenvalue weighted by Crippen LogP contribution is -2.14. The summed E-state index contributed by atoms with van der Waals surface area (Å²) in [5, 5.41) is 0. The van der Waals surface area contributed by atoms with E-state index in [0.717, 1.165) is 26.0 Å². The fourth-order valence-electron chi connectivity index (χ4n) is 2.05. The van der Waals surface area contributed by atoms with Gasteiger partial charge in [-0.1, -0.05) is 12.8 Å². The largest absolute Gasteiger partial charge is 0.382 e. The predicted octanol–water partition coefficient (Wildman–Crippen LogP) is 1.25. The molecule has 0 amide bonds. The third kappa shape index (κ3) is 25.7.